The minimum atomic E-state index is -0.00549. The van der Waals surface area contributed by atoms with Gasteiger partial charge in [0, 0.05) is 31.9 Å². The maximum Gasteiger partial charge on any atom is 0.321 e. The Morgan fingerprint density at radius 3 is 2.70 bits per heavy atom. The number of benzene rings is 1. The van der Waals surface area contributed by atoms with E-state index in [-0.39, 0.29) is 6.03 Å². The predicted octanol–water partition coefficient (Wildman–Crippen LogP) is 1.49. The summed E-state index contributed by atoms with van der Waals surface area (Å²) >= 11 is 0. The smallest absolute Gasteiger partial charge is 0.321 e. The van der Waals surface area contributed by atoms with Crippen molar-refractivity contribution in [2.75, 3.05) is 44.6 Å². The fourth-order valence-electron chi connectivity index (χ4n) is 2.41. The van der Waals surface area contributed by atoms with E-state index in [1.54, 1.807) is 0 Å². The summed E-state index contributed by atoms with van der Waals surface area (Å²) in [5.74, 6) is 0. The van der Waals surface area contributed by atoms with E-state index in [0.717, 1.165) is 56.9 Å². The first kappa shape index (κ1) is 14.8. The van der Waals surface area contributed by atoms with Crippen LogP contribution in [0.3, 0.4) is 0 Å². The molecule has 1 saturated heterocycles. The molecule has 20 heavy (non-hydrogen) atoms. The molecule has 0 aromatic heterocycles. The molecular weight excluding hydrogens is 252 g/mol. The average molecular weight is 276 g/mol. The molecule has 1 aliphatic heterocycles. The van der Waals surface area contributed by atoms with Crippen LogP contribution in [0.2, 0.25) is 0 Å². The molecule has 1 fully saturated rings. The van der Waals surface area contributed by atoms with Crippen molar-refractivity contribution in [3.63, 3.8) is 0 Å². The van der Waals surface area contributed by atoms with E-state index in [1.165, 1.54) is 0 Å². The molecule has 0 atom stereocenters. The van der Waals surface area contributed by atoms with E-state index in [9.17, 15) is 4.79 Å². The Morgan fingerprint density at radius 1 is 1.30 bits per heavy atom. The summed E-state index contributed by atoms with van der Waals surface area (Å²) in [5.41, 5.74) is 7.53. The van der Waals surface area contributed by atoms with Crippen molar-refractivity contribution < 1.29 is 4.79 Å². The first-order valence-electron chi connectivity index (χ1n) is 7.24. The largest absolute Gasteiger partial charge is 0.330 e. The van der Waals surface area contributed by atoms with E-state index in [2.05, 4.69) is 10.2 Å². The fraction of sp³-hybridized carbons (Fsp3) is 0.533. The fourth-order valence-corrected chi connectivity index (χ4v) is 2.41. The Labute approximate surface area is 120 Å². The van der Waals surface area contributed by atoms with Crippen LogP contribution >= 0.6 is 0 Å². The molecule has 0 spiro atoms. The Hall–Kier alpha value is -1.59. The lowest BCUT2D eigenvalue weighted by molar-refractivity contribution is 0.147. The number of urea groups is 1. The summed E-state index contributed by atoms with van der Waals surface area (Å²) in [6.07, 6.45) is 1.02. The molecule has 110 valence electrons. The topological polar surface area (TPSA) is 61.6 Å². The number of nitrogens with one attached hydrogen (secondary N) is 1. The van der Waals surface area contributed by atoms with Gasteiger partial charge in [-0.15, -0.1) is 0 Å². The Kier molecular flexibility index (Phi) is 5.38. The minimum absolute atomic E-state index is 0.00549. The summed E-state index contributed by atoms with van der Waals surface area (Å²) in [4.78, 5) is 16.4. The van der Waals surface area contributed by atoms with Crippen molar-refractivity contribution in [2.24, 2.45) is 5.73 Å². The van der Waals surface area contributed by atoms with Gasteiger partial charge in [-0.05, 0) is 44.1 Å². The standard InChI is InChI=1S/C15H24N4O/c1-13-4-2-5-14(12-13)17-15(20)19-10-8-18(9-11-19)7-3-6-16/h2,4-5,12H,3,6-11,16H2,1H3,(H,17,20). The third kappa shape index (κ3) is 4.21. The van der Waals surface area contributed by atoms with E-state index < -0.39 is 0 Å². The van der Waals surface area contributed by atoms with Gasteiger partial charge < -0.3 is 16.0 Å². The molecule has 0 saturated carbocycles. The lowest BCUT2D eigenvalue weighted by atomic mass is 10.2. The van der Waals surface area contributed by atoms with Crippen LogP contribution in [-0.4, -0.2) is 55.1 Å². The number of hydrogen-bond donors (Lipinski definition) is 2. The maximum absolute atomic E-state index is 12.2. The molecule has 0 radical (unpaired) electrons. The molecule has 0 unspecified atom stereocenters. The lowest BCUT2D eigenvalue weighted by Crippen LogP contribution is -2.50. The predicted molar refractivity (Wildman–Crippen MR) is 81.9 cm³/mol. The van der Waals surface area contributed by atoms with Gasteiger partial charge in [0.15, 0.2) is 0 Å². The van der Waals surface area contributed by atoms with Gasteiger partial charge >= 0.3 is 6.03 Å². The highest BCUT2D eigenvalue weighted by Crippen LogP contribution is 2.11. The van der Waals surface area contributed by atoms with E-state index in [1.807, 2.05) is 36.1 Å². The summed E-state index contributed by atoms with van der Waals surface area (Å²) < 4.78 is 0. The molecule has 1 heterocycles. The number of carbonyl (C=O) groups is 1. The lowest BCUT2D eigenvalue weighted by Gasteiger charge is -2.34. The second-order valence-electron chi connectivity index (χ2n) is 5.27. The molecule has 5 nitrogen and oxygen atoms in total. The number of piperazine rings is 1. The Bertz CT molecular complexity index is 441. The van der Waals surface area contributed by atoms with Gasteiger partial charge in [-0.2, -0.15) is 0 Å². The number of amides is 2. The van der Waals surface area contributed by atoms with Crippen LogP contribution in [0, 0.1) is 6.92 Å². The molecule has 1 aromatic carbocycles. The highest BCUT2D eigenvalue weighted by atomic mass is 16.2. The molecule has 2 rings (SSSR count). The number of aryl methyl sites for hydroxylation is 1. The van der Waals surface area contributed by atoms with Gasteiger partial charge in [0.1, 0.15) is 0 Å². The molecule has 1 aliphatic rings. The normalized spacial score (nSPS) is 16.2. The molecule has 0 bridgehead atoms. The number of rotatable bonds is 4. The molecule has 3 N–H and O–H groups in total. The summed E-state index contributed by atoms with van der Waals surface area (Å²) in [6.45, 7) is 7.21. The first-order chi connectivity index (χ1) is 9.69. The molecular formula is C15H24N4O. The van der Waals surface area contributed by atoms with E-state index in [4.69, 9.17) is 5.73 Å². The second-order valence-corrected chi connectivity index (χ2v) is 5.27. The number of hydrogen-bond acceptors (Lipinski definition) is 3. The zero-order chi connectivity index (χ0) is 14.4. The Balaban J connectivity index is 1.80. The van der Waals surface area contributed by atoms with Gasteiger partial charge in [0.2, 0.25) is 0 Å². The molecule has 0 aliphatic carbocycles. The molecule has 1 aromatic rings. The maximum atomic E-state index is 12.2. The first-order valence-corrected chi connectivity index (χ1v) is 7.24. The van der Waals surface area contributed by atoms with Crippen molar-refractivity contribution >= 4 is 11.7 Å². The van der Waals surface area contributed by atoms with Crippen LogP contribution in [0.5, 0.6) is 0 Å². The summed E-state index contributed by atoms with van der Waals surface area (Å²) in [7, 11) is 0. The van der Waals surface area contributed by atoms with Crippen LogP contribution in [0.4, 0.5) is 10.5 Å². The quantitative estimate of drug-likeness (QED) is 0.876. The second kappa shape index (κ2) is 7.26. The number of anilines is 1. The van der Waals surface area contributed by atoms with Gasteiger partial charge in [0.05, 0.1) is 0 Å². The van der Waals surface area contributed by atoms with Gasteiger partial charge in [-0.25, -0.2) is 4.79 Å². The van der Waals surface area contributed by atoms with Crippen LogP contribution in [-0.2, 0) is 0 Å². The van der Waals surface area contributed by atoms with Crippen molar-refractivity contribution in [3.05, 3.63) is 29.8 Å². The number of nitrogens with zero attached hydrogens (tertiary/aromatic N) is 2. The van der Waals surface area contributed by atoms with Crippen molar-refractivity contribution in [1.29, 1.82) is 0 Å². The summed E-state index contributed by atoms with van der Waals surface area (Å²) in [5, 5.41) is 2.96. The molecule has 2 amide bonds. The van der Waals surface area contributed by atoms with Crippen molar-refractivity contribution in [1.82, 2.24) is 9.80 Å². The van der Waals surface area contributed by atoms with Gasteiger partial charge in [-0.3, -0.25) is 4.90 Å². The zero-order valence-corrected chi connectivity index (χ0v) is 12.1. The molecule has 5 heteroatoms. The van der Waals surface area contributed by atoms with Crippen LogP contribution in [0.15, 0.2) is 24.3 Å². The van der Waals surface area contributed by atoms with Crippen molar-refractivity contribution in [2.45, 2.75) is 13.3 Å². The highest BCUT2D eigenvalue weighted by Gasteiger charge is 2.20. The number of nitrogens with two attached hydrogens (primary N) is 1. The van der Waals surface area contributed by atoms with E-state index >= 15 is 0 Å². The Morgan fingerprint density at radius 2 is 2.05 bits per heavy atom. The van der Waals surface area contributed by atoms with E-state index in [0.29, 0.717) is 0 Å². The van der Waals surface area contributed by atoms with Crippen LogP contribution in [0.25, 0.3) is 0 Å². The van der Waals surface area contributed by atoms with Crippen molar-refractivity contribution in [3.8, 4) is 0 Å². The SMILES string of the molecule is Cc1cccc(NC(=O)N2CCN(CCCN)CC2)c1. The van der Waals surface area contributed by atoms with Gasteiger partial charge in [0.25, 0.3) is 0 Å². The summed E-state index contributed by atoms with van der Waals surface area (Å²) in [6, 6.07) is 7.87. The zero-order valence-electron chi connectivity index (χ0n) is 12.1. The van der Waals surface area contributed by atoms with Crippen LogP contribution in [0.1, 0.15) is 12.0 Å². The van der Waals surface area contributed by atoms with Gasteiger partial charge in [-0.1, -0.05) is 12.1 Å². The van der Waals surface area contributed by atoms with Crippen LogP contribution < -0.4 is 11.1 Å². The third-order valence-electron chi connectivity index (χ3n) is 3.61. The highest BCUT2D eigenvalue weighted by molar-refractivity contribution is 5.89. The third-order valence-corrected chi connectivity index (χ3v) is 3.61. The minimum Gasteiger partial charge on any atom is -0.330 e. The average Bonchev–Trinajstić information content (AvgIpc) is 2.45. The number of carbonyl (C=O) groups excluding carboxylic acids is 1. The monoisotopic (exact) mass is 276 g/mol.